The number of hydrogen-bond acceptors (Lipinski definition) is 5. The fourth-order valence-corrected chi connectivity index (χ4v) is 2.71. The van der Waals surface area contributed by atoms with Gasteiger partial charge in [0.1, 0.15) is 5.75 Å². The number of pyridine rings is 2. The fourth-order valence-electron chi connectivity index (χ4n) is 2.71. The van der Waals surface area contributed by atoms with Crippen molar-refractivity contribution in [3.8, 4) is 5.75 Å². The van der Waals surface area contributed by atoms with Crippen LogP contribution >= 0.6 is 0 Å². The highest BCUT2D eigenvalue weighted by atomic mass is 16.4. The van der Waals surface area contributed by atoms with Crippen LogP contribution in [0.4, 0.5) is 5.69 Å². The van der Waals surface area contributed by atoms with Gasteiger partial charge in [-0.05, 0) is 30.5 Å². The molecule has 0 saturated carbocycles. The van der Waals surface area contributed by atoms with Gasteiger partial charge >= 0.3 is 5.97 Å². The summed E-state index contributed by atoms with van der Waals surface area (Å²) in [6.45, 7) is 4.31. The molecule has 0 amide bonds. The van der Waals surface area contributed by atoms with E-state index in [1.165, 1.54) is 23.7 Å². The van der Waals surface area contributed by atoms with Crippen LogP contribution in [0.2, 0.25) is 0 Å². The molecule has 0 fully saturated rings. The zero-order valence-corrected chi connectivity index (χ0v) is 14.9. The molecule has 3 rings (SSSR count). The number of nitrogens with two attached hydrogens (primary N) is 1. The number of hydrogen-bond donors (Lipinski definition) is 3. The largest absolute Gasteiger partial charge is 0.506 e. The van der Waals surface area contributed by atoms with Gasteiger partial charge in [0.25, 0.3) is 0 Å². The van der Waals surface area contributed by atoms with Crippen LogP contribution in [0.1, 0.15) is 41.9 Å². The summed E-state index contributed by atoms with van der Waals surface area (Å²) in [7, 11) is 0. The molecule has 2 heterocycles. The molecule has 1 aromatic carbocycles. The molecule has 6 nitrogen and oxygen atoms in total. The van der Waals surface area contributed by atoms with Crippen molar-refractivity contribution >= 4 is 22.6 Å². The Morgan fingerprint density at radius 3 is 2.50 bits per heavy atom. The summed E-state index contributed by atoms with van der Waals surface area (Å²) in [4.78, 5) is 18.4. The Morgan fingerprint density at radius 2 is 1.92 bits per heavy atom. The number of aryl methyl sites for hydroxylation is 1. The maximum Gasteiger partial charge on any atom is 0.337 e. The molecule has 6 heteroatoms. The summed E-state index contributed by atoms with van der Waals surface area (Å²) in [6, 6.07) is 9.24. The highest BCUT2D eigenvalue weighted by molar-refractivity contribution is 5.92. The average Bonchev–Trinajstić information content (AvgIpc) is 2.63. The molecular weight excluding hydrogens is 330 g/mol. The molecule has 0 saturated heterocycles. The van der Waals surface area contributed by atoms with Gasteiger partial charge in [0, 0.05) is 23.0 Å². The number of benzene rings is 1. The van der Waals surface area contributed by atoms with E-state index in [4.69, 9.17) is 20.9 Å². The van der Waals surface area contributed by atoms with Gasteiger partial charge in [-0.15, -0.1) is 0 Å². The van der Waals surface area contributed by atoms with Gasteiger partial charge in [-0.1, -0.05) is 38.5 Å². The summed E-state index contributed by atoms with van der Waals surface area (Å²) in [5, 5.41) is 18.2. The predicted molar refractivity (Wildman–Crippen MR) is 102 cm³/mol. The molecule has 0 radical (unpaired) electrons. The third kappa shape index (κ3) is 4.47. The van der Waals surface area contributed by atoms with Crippen LogP contribution in [0.15, 0.2) is 42.7 Å². The molecule has 0 atom stereocenters. The second-order valence-electron chi connectivity index (χ2n) is 5.81. The van der Waals surface area contributed by atoms with Crippen LogP contribution in [0.5, 0.6) is 5.75 Å². The molecule has 0 bridgehead atoms. The normalized spacial score (nSPS) is 10.2. The number of para-hydroxylation sites is 1. The molecule has 0 aliphatic heterocycles. The first-order valence-electron chi connectivity index (χ1n) is 8.51. The number of rotatable bonds is 4. The lowest BCUT2D eigenvalue weighted by Gasteiger charge is -2.12. The van der Waals surface area contributed by atoms with Gasteiger partial charge in [-0.2, -0.15) is 0 Å². The van der Waals surface area contributed by atoms with E-state index in [1.807, 2.05) is 24.3 Å². The van der Waals surface area contributed by atoms with Crippen molar-refractivity contribution < 1.29 is 15.0 Å². The smallest absolute Gasteiger partial charge is 0.337 e. The van der Waals surface area contributed by atoms with E-state index >= 15 is 0 Å². The maximum absolute atomic E-state index is 10.2. The van der Waals surface area contributed by atoms with E-state index in [2.05, 4.69) is 18.8 Å². The van der Waals surface area contributed by atoms with E-state index < -0.39 is 5.97 Å². The number of nitrogens with zero attached hydrogens (tertiary/aromatic N) is 2. The van der Waals surface area contributed by atoms with Gasteiger partial charge in [0.05, 0.1) is 17.3 Å². The second kappa shape index (κ2) is 8.80. The molecular formula is C20H23N3O3. The summed E-state index contributed by atoms with van der Waals surface area (Å²) in [5.41, 5.74) is 10.5. The van der Waals surface area contributed by atoms with Crippen LogP contribution in [0.3, 0.4) is 0 Å². The molecule has 136 valence electrons. The number of carboxylic acids is 1. The van der Waals surface area contributed by atoms with Crippen LogP contribution < -0.4 is 5.73 Å². The standard InChI is InChI=1S/C14H18N2.C6H5NO3/c1-3-7-12-10(4-2)14(15)11-8-5-6-9-13(11)16-12;8-5-1-4(6(9)10)2-7-3-5/h5-6,8-9H,3-4,7H2,1-2H3,(H2,15,16);1-3,8H,(H,9,10). The molecule has 2 aromatic heterocycles. The Balaban J connectivity index is 0.000000209. The van der Waals surface area contributed by atoms with Gasteiger partial charge in [0.2, 0.25) is 0 Å². The Kier molecular flexibility index (Phi) is 6.49. The Hall–Kier alpha value is -3.15. The topological polar surface area (TPSA) is 109 Å². The van der Waals surface area contributed by atoms with Crippen LogP contribution in [-0.4, -0.2) is 26.2 Å². The van der Waals surface area contributed by atoms with E-state index in [-0.39, 0.29) is 11.3 Å². The maximum atomic E-state index is 10.2. The Bertz CT molecular complexity index is 910. The van der Waals surface area contributed by atoms with Crippen molar-refractivity contribution in [3.63, 3.8) is 0 Å². The van der Waals surface area contributed by atoms with Crippen molar-refractivity contribution in [1.29, 1.82) is 0 Å². The van der Waals surface area contributed by atoms with Crippen LogP contribution in [-0.2, 0) is 12.8 Å². The van der Waals surface area contributed by atoms with Crippen molar-refractivity contribution in [2.45, 2.75) is 33.1 Å². The quantitative estimate of drug-likeness (QED) is 0.658. The number of nitrogen functional groups attached to an aromatic ring is 1. The summed E-state index contributed by atoms with van der Waals surface area (Å²) in [5.74, 6) is -1.23. The van der Waals surface area contributed by atoms with Gasteiger partial charge in [-0.25, -0.2) is 4.79 Å². The third-order valence-corrected chi connectivity index (χ3v) is 3.93. The molecule has 0 aliphatic rings. The highest BCUT2D eigenvalue weighted by Crippen LogP contribution is 2.26. The number of aromatic nitrogens is 2. The first-order valence-corrected chi connectivity index (χ1v) is 8.51. The van der Waals surface area contributed by atoms with Crippen molar-refractivity contribution in [3.05, 3.63) is 59.5 Å². The SMILES string of the molecule is CCCc1nc2ccccc2c(N)c1CC.O=C(O)c1cncc(O)c1. The van der Waals surface area contributed by atoms with Crippen molar-refractivity contribution in [2.24, 2.45) is 0 Å². The Morgan fingerprint density at radius 1 is 1.19 bits per heavy atom. The number of carbonyl (C=O) groups is 1. The Labute approximate surface area is 152 Å². The first-order chi connectivity index (χ1) is 12.5. The number of aromatic carboxylic acids is 1. The van der Waals surface area contributed by atoms with E-state index in [0.717, 1.165) is 41.9 Å². The van der Waals surface area contributed by atoms with Crippen LogP contribution in [0, 0.1) is 0 Å². The zero-order chi connectivity index (χ0) is 19.1. The summed E-state index contributed by atoms with van der Waals surface area (Å²) >= 11 is 0. The number of anilines is 1. The minimum atomic E-state index is -1.09. The molecule has 26 heavy (non-hydrogen) atoms. The molecule has 0 aliphatic carbocycles. The number of carboxylic acid groups (broad SMARTS) is 1. The molecule has 3 aromatic rings. The molecule has 0 unspecified atom stereocenters. The predicted octanol–water partition coefficient (Wildman–Crippen LogP) is 3.82. The van der Waals surface area contributed by atoms with Gasteiger partial charge in [-0.3, -0.25) is 9.97 Å². The number of aromatic hydroxyl groups is 1. The zero-order valence-electron chi connectivity index (χ0n) is 14.9. The van der Waals surface area contributed by atoms with Crippen molar-refractivity contribution in [2.75, 3.05) is 5.73 Å². The van der Waals surface area contributed by atoms with Crippen molar-refractivity contribution in [1.82, 2.24) is 9.97 Å². The lowest BCUT2D eigenvalue weighted by molar-refractivity contribution is 0.0696. The first kappa shape index (κ1) is 19.2. The fraction of sp³-hybridized carbons (Fsp3) is 0.250. The van der Waals surface area contributed by atoms with Gasteiger partial charge in [0.15, 0.2) is 0 Å². The van der Waals surface area contributed by atoms with E-state index in [0.29, 0.717) is 0 Å². The van der Waals surface area contributed by atoms with Crippen LogP contribution in [0.25, 0.3) is 10.9 Å². The molecule has 0 spiro atoms. The summed E-state index contributed by atoms with van der Waals surface area (Å²) < 4.78 is 0. The highest BCUT2D eigenvalue weighted by Gasteiger charge is 2.10. The lowest BCUT2D eigenvalue weighted by atomic mass is 10.0. The third-order valence-electron chi connectivity index (χ3n) is 3.93. The lowest BCUT2D eigenvalue weighted by Crippen LogP contribution is -2.03. The second-order valence-corrected chi connectivity index (χ2v) is 5.81. The minimum absolute atomic E-state index is 0.0139. The van der Waals surface area contributed by atoms with E-state index in [9.17, 15) is 4.79 Å². The van der Waals surface area contributed by atoms with Gasteiger partial charge < -0.3 is 15.9 Å². The number of fused-ring (bicyclic) bond motifs is 1. The minimum Gasteiger partial charge on any atom is -0.506 e. The van der Waals surface area contributed by atoms with E-state index in [1.54, 1.807) is 0 Å². The average molecular weight is 353 g/mol. The summed E-state index contributed by atoms with van der Waals surface area (Å²) in [6.07, 6.45) is 5.42. The molecule has 4 N–H and O–H groups in total. The monoisotopic (exact) mass is 353 g/mol.